The van der Waals surface area contributed by atoms with Gasteiger partial charge in [-0.3, -0.25) is 4.21 Å². The van der Waals surface area contributed by atoms with Gasteiger partial charge in [0.2, 0.25) is 0 Å². The summed E-state index contributed by atoms with van der Waals surface area (Å²) in [4.78, 5) is 0.246. The number of hydrogen-bond acceptors (Lipinski definition) is 2. The fraction of sp³-hybridized carbons (Fsp3) is 0. The first kappa shape index (κ1) is 11.8. The molecule has 0 N–H and O–H groups in total. The SMILES string of the molecule is O=S([O-])c1ccc2ccc3c(F)ccc4ccc1c2c43. The molecule has 20 heavy (non-hydrogen) atoms. The van der Waals surface area contributed by atoms with Gasteiger partial charge in [0.05, 0.1) is 0 Å². The maximum absolute atomic E-state index is 14.0. The van der Waals surface area contributed by atoms with Gasteiger partial charge in [-0.15, -0.1) is 0 Å². The molecule has 0 saturated heterocycles. The van der Waals surface area contributed by atoms with Gasteiger partial charge in [-0.2, -0.15) is 0 Å². The molecular formula is C16H8FO2S-. The van der Waals surface area contributed by atoms with E-state index in [0.717, 1.165) is 21.5 Å². The van der Waals surface area contributed by atoms with Gasteiger partial charge in [0.1, 0.15) is 5.82 Å². The fourth-order valence-electron chi connectivity index (χ4n) is 2.88. The van der Waals surface area contributed by atoms with Crippen LogP contribution in [-0.2, 0) is 11.1 Å². The summed E-state index contributed by atoms with van der Waals surface area (Å²) in [5, 5.41) is 4.58. The van der Waals surface area contributed by atoms with Crippen molar-refractivity contribution in [3.63, 3.8) is 0 Å². The number of benzene rings is 4. The molecule has 0 aliphatic heterocycles. The summed E-state index contributed by atoms with van der Waals surface area (Å²) in [5.41, 5.74) is 0. The van der Waals surface area contributed by atoms with Crippen LogP contribution < -0.4 is 0 Å². The zero-order valence-electron chi connectivity index (χ0n) is 10.2. The molecular weight excluding hydrogens is 275 g/mol. The summed E-state index contributed by atoms with van der Waals surface area (Å²) >= 11 is -2.31. The van der Waals surface area contributed by atoms with Gasteiger partial charge in [-0.1, -0.05) is 36.4 Å². The molecule has 1 unspecified atom stereocenters. The Bertz CT molecular complexity index is 994. The first-order chi connectivity index (χ1) is 9.66. The lowest BCUT2D eigenvalue weighted by Gasteiger charge is -2.15. The van der Waals surface area contributed by atoms with Crippen LogP contribution in [0.5, 0.6) is 0 Å². The molecule has 0 aromatic heterocycles. The Morgan fingerprint density at radius 3 is 2.05 bits per heavy atom. The zero-order chi connectivity index (χ0) is 13.9. The monoisotopic (exact) mass is 283 g/mol. The minimum Gasteiger partial charge on any atom is -0.768 e. The molecule has 2 nitrogen and oxygen atoms in total. The van der Waals surface area contributed by atoms with Gasteiger partial charge >= 0.3 is 0 Å². The van der Waals surface area contributed by atoms with Crippen molar-refractivity contribution in [1.29, 1.82) is 0 Å². The molecule has 0 fully saturated rings. The third-order valence-corrected chi connectivity index (χ3v) is 4.47. The van der Waals surface area contributed by atoms with Gasteiger partial charge in [-0.25, -0.2) is 4.39 Å². The lowest BCUT2D eigenvalue weighted by atomic mass is 9.94. The van der Waals surface area contributed by atoms with E-state index >= 15 is 0 Å². The van der Waals surface area contributed by atoms with Crippen LogP contribution in [-0.4, -0.2) is 8.76 Å². The van der Waals surface area contributed by atoms with E-state index < -0.39 is 11.1 Å². The molecule has 1 atom stereocenters. The molecule has 4 rings (SSSR count). The minimum absolute atomic E-state index is 0.246. The Morgan fingerprint density at radius 2 is 1.35 bits per heavy atom. The highest BCUT2D eigenvalue weighted by molar-refractivity contribution is 7.79. The Balaban J connectivity index is 2.38. The Kier molecular flexibility index (Phi) is 2.34. The normalized spacial score (nSPS) is 13.5. The van der Waals surface area contributed by atoms with E-state index in [0.29, 0.717) is 10.8 Å². The highest BCUT2D eigenvalue weighted by Crippen LogP contribution is 2.37. The topological polar surface area (TPSA) is 40.1 Å². The van der Waals surface area contributed by atoms with E-state index in [2.05, 4.69) is 0 Å². The predicted octanol–water partition coefficient (Wildman–Crippen LogP) is 3.96. The van der Waals surface area contributed by atoms with Gasteiger partial charge in [0.15, 0.2) is 0 Å². The standard InChI is InChI=1S/C16H9FO2S/c17-13-7-3-9-2-6-12-14(20(18)19)8-4-10-1-5-11(13)15(9)16(10)12/h1-8H,(H,18,19)/p-1. The Labute approximate surface area is 116 Å². The number of hydrogen-bond donors (Lipinski definition) is 0. The van der Waals surface area contributed by atoms with E-state index in [4.69, 9.17) is 0 Å². The lowest BCUT2D eigenvalue weighted by molar-refractivity contribution is 0.538. The highest BCUT2D eigenvalue weighted by Gasteiger charge is 2.12. The molecule has 4 heteroatoms. The second-order valence-corrected chi connectivity index (χ2v) is 5.68. The largest absolute Gasteiger partial charge is 0.768 e. The molecule has 0 aliphatic carbocycles. The van der Waals surface area contributed by atoms with Crippen LogP contribution in [0, 0.1) is 5.82 Å². The smallest absolute Gasteiger partial charge is 0.131 e. The van der Waals surface area contributed by atoms with Crippen molar-refractivity contribution < 1.29 is 13.2 Å². The van der Waals surface area contributed by atoms with Crippen molar-refractivity contribution in [3.05, 3.63) is 54.3 Å². The molecule has 0 saturated carbocycles. The molecule has 0 spiro atoms. The second kappa shape index (κ2) is 3.98. The maximum Gasteiger partial charge on any atom is 0.131 e. The Morgan fingerprint density at radius 1 is 0.800 bits per heavy atom. The van der Waals surface area contributed by atoms with Gasteiger partial charge in [-0.05, 0) is 44.8 Å². The number of rotatable bonds is 1. The molecule has 98 valence electrons. The molecule has 0 bridgehead atoms. The van der Waals surface area contributed by atoms with Gasteiger partial charge in [0.25, 0.3) is 0 Å². The molecule has 0 aliphatic rings. The minimum atomic E-state index is -2.31. The average Bonchev–Trinajstić information content (AvgIpc) is 2.46. The van der Waals surface area contributed by atoms with Crippen molar-refractivity contribution >= 4 is 43.4 Å². The molecule has 0 amide bonds. The van der Waals surface area contributed by atoms with Crippen molar-refractivity contribution in [2.24, 2.45) is 0 Å². The predicted molar refractivity (Wildman–Crippen MR) is 77.3 cm³/mol. The van der Waals surface area contributed by atoms with Crippen LogP contribution >= 0.6 is 0 Å². The van der Waals surface area contributed by atoms with E-state index in [1.54, 1.807) is 30.3 Å². The third-order valence-electron chi connectivity index (χ3n) is 3.75. The summed E-state index contributed by atoms with van der Waals surface area (Å²) in [6, 6.07) is 13.7. The van der Waals surface area contributed by atoms with Crippen molar-refractivity contribution in [2.45, 2.75) is 4.90 Å². The quantitative estimate of drug-likeness (QED) is 0.392. The van der Waals surface area contributed by atoms with Crippen LogP contribution in [0.3, 0.4) is 0 Å². The molecule has 4 aromatic rings. The van der Waals surface area contributed by atoms with Crippen molar-refractivity contribution in [2.75, 3.05) is 0 Å². The van der Waals surface area contributed by atoms with Crippen LogP contribution in [0.1, 0.15) is 0 Å². The first-order valence-corrected chi connectivity index (χ1v) is 7.19. The fourth-order valence-corrected chi connectivity index (χ4v) is 3.41. The summed E-state index contributed by atoms with van der Waals surface area (Å²) in [6.07, 6.45) is 0. The maximum atomic E-state index is 14.0. The second-order valence-electron chi connectivity index (χ2n) is 4.77. The van der Waals surface area contributed by atoms with Crippen molar-refractivity contribution in [3.8, 4) is 0 Å². The summed E-state index contributed by atoms with van der Waals surface area (Å²) in [5.74, 6) is -0.291. The van der Waals surface area contributed by atoms with Gasteiger partial charge in [0, 0.05) is 15.7 Å². The van der Waals surface area contributed by atoms with Crippen LogP contribution in [0.2, 0.25) is 0 Å². The van der Waals surface area contributed by atoms with Crippen LogP contribution in [0.15, 0.2) is 53.4 Å². The van der Waals surface area contributed by atoms with E-state index in [1.807, 2.05) is 12.1 Å². The Hall–Kier alpha value is -2.04. The van der Waals surface area contributed by atoms with Crippen molar-refractivity contribution in [1.82, 2.24) is 0 Å². The third kappa shape index (κ3) is 1.43. The van der Waals surface area contributed by atoms with E-state index in [-0.39, 0.29) is 10.7 Å². The molecule has 4 aromatic carbocycles. The van der Waals surface area contributed by atoms with Gasteiger partial charge < -0.3 is 4.55 Å². The molecule has 0 radical (unpaired) electrons. The first-order valence-electron chi connectivity index (χ1n) is 6.12. The average molecular weight is 283 g/mol. The lowest BCUT2D eigenvalue weighted by Crippen LogP contribution is -1.93. The summed E-state index contributed by atoms with van der Waals surface area (Å²) < 4.78 is 36.6. The highest BCUT2D eigenvalue weighted by atomic mass is 32.2. The summed E-state index contributed by atoms with van der Waals surface area (Å²) in [6.45, 7) is 0. The zero-order valence-corrected chi connectivity index (χ0v) is 11.0. The summed E-state index contributed by atoms with van der Waals surface area (Å²) in [7, 11) is 0. The molecule has 0 heterocycles. The van der Waals surface area contributed by atoms with Crippen LogP contribution in [0.25, 0.3) is 32.3 Å². The van der Waals surface area contributed by atoms with E-state index in [9.17, 15) is 13.2 Å². The van der Waals surface area contributed by atoms with E-state index in [1.165, 1.54) is 6.07 Å². The van der Waals surface area contributed by atoms with Crippen LogP contribution in [0.4, 0.5) is 4.39 Å². The number of halogens is 1.